The van der Waals surface area contributed by atoms with Crippen LogP contribution in [0.4, 0.5) is 4.79 Å². The summed E-state index contributed by atoms with van der Waals surface area (Å²) in [5.41, 5.74) is -1.19. The lowest BCUT2D eigenvalue weighted by atomic mass is 10.2. The van der Waals surface area contributed by atoms with Crippen molar-refractivity contribution in [1.82, 2.24) is 5.32 Å². The number of rotatable bonds is 4. The number of amides is 1. The van der Waals surface area contributed by atoms with E-state index in [1.54, 1.807) is 20.8 Å². The van der Waals surface area contributed by atoms with E-state index < -0.39 is 22.3 Å². The van der Waals surface area contributed by atoms with Gasteiger partial charge < -0.3 is 14.9 Å². The Morgan fingerprint density at radius 3 is 2.44 bits per heavy atom. The molecule has 1 amide bonds. The molecule has 1 N–H and O–H groups in total. The lowest BCUT2D eigenvalue weighted by Gasteiger charge is -2.22. The maximum Gasteiger partial charge on any atom is 0.408 e. The lowest BCUT2D eigenvalue weighted by Crippen LogP contribution is -2.43. The molecule has 0 radical (unpaired) electrons. The van der Waals surface area contributed by atoms with Gasteiger partial charge in [0.15, 0.2) is 0 Å². The summed E-state index contributed by atoms with van der Waals surface area (Å²) in [7, 11) is 0. The molecule has 0 spiro atoms. The molecule has 0 atom stereocenters. The first kappa shape index (κ1) is 12.5. The smallest absolute Gasteiger partial charge is 0.408 e. The van der Waals surface area contributed by atoms with Crippen LogP contribution in [0.15, 0.2) is 0 Å². The first-order valence-corrected chi connectivity index (χ1v) is 5.01. The van der Waals surface area contributed by atoms with E-state index in [9.17, 15) is 14.9 Å². The maximum atomic E-state index is 11.4. The molecule has 7 nitrogen and oxygen atoms in total. The number of ether oxygens (including phenoxy) is 1. The molecule has 1 fully saturated rings. The van der Waals surface area contributed by atoms with E-state index in [2.05, 4.69) is 10.2 Å². The van der Waals surface area contributed by atoms with Crippen LogP contribution in [-0.2, 0) is 9.57 Å². The summed E-state index contributed by atoms with van der Waals surface area (Å²) in [6, 6.07) is 0. The minimum Gasteiger partial charge on any atom is -0.444 e. The Balaban J connectivity index is 2.36. The van der Waals surface area contributed by atoms with Crippen LogP contribution in [0.5, 0.6) is 0 Å². The Morgan fingerprint density at radius 2 is 2.06 bits per heavy atom. The SMILES string of the molecule is CC(C)(C)OC(=O)NC1(CO[N+](=O)[O-])CC1. The summed E-state index contributed by atoms with van der Waals surface area (Å²) >= 11 is 0. The number of hydrogen-bond acceptors (Lipinski definition) is 5. The third-order valence-corrected chi connectivity index (χ3v) is 2.07. The third-order valence-electron chi connectivity index (χ3n) is 2.07. The molecule has 0 unspecified atom stereocenters. The molecule has 0 aliphatic heterocycles. The summed E-state index contributed by atoms with van der Waals surface area (Å²) in [5, 5.41) is 11.8. The van der Waals surface area contributed by atoms with Crippen LogP contribution in [0.1, 0.15) is 33.6 Å². The van der Waals surface area contributed by atoms with E-state index in [4.69, 9.17) is 4.74 Å². The van der Waals surface area contributed by atoms with Crippen LogP contribution < -0.4 is 5.32 Å². The van der Waals surface area contributed by atoms with Gasteiger partial charge in [0, 0.05) is 0 Å². The molecule has 0 aromatic carbocycles. The molecule has 1 aliphatic rings. The highest BCUT2D eigenvalue weighted by molar-refractivity contribution is 5.69. The first-order valence-electron chi connectivity index (χ1n) is 5.01. The fourth-order valence-corrected chi connectivity index (χ4v) is 1.15. The van der Waals surface area contributed by atoms with Crippen LogP contribution in [0.3, 0.4) is 0 Å². The quantitative estimate of drug-likeness (QED) is 0.581. The van der Waals surface area contributed by atoms with Gasteiger partial charge in [-0.1, -0.05) is 0 Å². The predicted molar refractivity (Wildman–Crippen MR) is 54.3 cm³/mol. The normalized spacial score (nSPS) is 17.4. The summed E-state index contributed by atoms with van der Waals surface area (Å²) in [6.07, 6.45) is 0.761. The van der Waals surface area contributed by atoms with Crippen LogP contribution in [0.2, 0.25) is 0 Å². The van der Waals surface area contributed by atoms with Gasteiger partial charge in [0.1, 0.15) is 12.2 Å². The summed E-state index contributed by atoms with van der Waals surface area (Å²) in [5.74, 6) is 0. The minimum atomic E-state index is -0.864. The fourth-order valence-electron chi connectivity index (χ4n) is 1.15. The van der Waals surface area contributed by atoms with Gasteiger partial charge in [-0.3, -0.25) is 0 Å². The third kappa shape index (κ3) is 4.33. The monoisotopic (exact) mass is 232 g/mol. The zero-order valence-electron chi connectivity index (χ0n) is 9.61. The highest BCUT2D eigenvalue weighted by Crippen LogP contribution is 2.35. The summed E-state index contributed by atoms with van der Waals surface area (Å²) < 4.78 is 5.04. The second-order valence-electron chi connectivity index (χ2n) is 4.90. The molecular weight excluding hydrogens is 216 g/mol. The van der Waals surface area contributed by atoms with Gasteiger partial charge >= 0.3 is 6.09 Å². The van der Waals surface area contributed by atoms with Crippen molar-refractivity contribution in [3.63, 3.8) is 0 Å². The number of alkyl carbamates (subject to hydrolysis) is 1. The maximum absolute atomic E-state index is 11.4. The van der Waals surface area contributed by atoms with Crippen molar-refractivity contribution in [2.24, 2.45) is 0 Å². The van der Waals surface area contributed by atoms with Gasteiger partial charge in [-0.05, 0) is 33.6 Å². The van der Waals surface area contributed by atoms with Crippen molar-refractivity contribution >= 4 is 6.09 Å². The molecule has 1 aliphatic carbocycles. The Hall–Kier alpha value is -1.53. The van der Waals surface area contributed by atoms with Crippen molar-refractivity contribution in [1.29, 1.82) is 0 Å². The topological polar surface area (TPSA) is 90.7 Å². The highest BCUT2D eigenvalue weighted by atomic mass is 16.9. The Bertz CT molecular complexity index is 293. The minimum absolute atomic E-state index is 0.126. The fraction of sp³-hybridized carbons (Fsp3) is 0.889. The Labute approximate surface area is 93.2 Å². The molecule has 16 heavy (non-hydrogen) atoms. The van der Waals surface area contributed by atoms with Gasteiger partial charge in [0.05, 0.1) is 5.54 Å². The largest absolute Gasteiger partial charge is 0.444 e. The molecule has 1 rings (SSSR count). The molecule has 1 saturated carbocycles. The second kappa shape index (κ2) is 4.15. The molecular formula is C9H16N2O5. The number of carbonyl (C=O) groups is 1. The standard InChI is InChI=1S/C9H16N2O5/c1-8(2,3)16-7(12)10-9(4-5-9)6-15-11(13)14/h4-6H2,1-3H3,(H,10,12). The van der Waals surface area contributed by atoms with Crippen molar-refractivity contribution in [3.8, 4) is 0 Å². The molecule has 0 aromatic heterocycles. The lowest BCUT2D eigenvalue weighted by molar-refractivity contribution is -0.758. The molecule has 0 aromatic rings. The van der Waals surface area contributed by atoms with Crippen LogP contribution in [-0.4, -0.2) is 28.9 Å². The van der Waals surface area contributed by atoms with Gasteiger partial charge in [-0.15, -0.1) is 10.1 Å². The molecule has 0 bridgehead atoms. The molecule has 0 heterocycles. The predicted octanol–water partition coefficient (Wildman–Crippen LogP) is 1.25. The second-order valence-corrected chi connectivity index (χ2v) is 4.90. The van der Waals surface area contributed by atoms with Crippen LogP contribution in [0, 0.1) is 10.1 Å². The summed E-state index contributed by atoms with van der Waals surface area (Å²) in [6.45, 7) is 5.12. The molecule has 0 saturated heterocycles. The van der Waals surface area contributed by atoms with Crippen molar-refractivity contribution in [2.45, 2.75) is 44.8 Å². The summed E-state index contributed by atoms with van der Waals surface area (Å²) in [4.78, 5) is 25.7. The number of hydrogen-bond donors (Lipinski definition) is 1. The van der Waals surface area contributed by atoms with Crippen LogP contribution >= 0.6 is 0 Å². The van der Waals surface area contributed by atoms with Crippen molar-refractivity contribution in [3.05, 3.63) is 10.1 Å². The van der Waals surface area contributed by atoms with E-state index in [1.807, 2.05) is 0 Å². The average molecular weight is 232 g/mol. The number of carbonyl (C=O) groups excluding carboxylic acids is 1. The Morgan fingerprint density at radius 1 is 1.50 bits per heavy atom. The number of nitrogens with one attached hydrogen (secondary N) is 1. The Kier molecular flexibility index (Phi) is 3.25. The van der Waals surface area contributed by atoms with Gasteiger partial charge in [-0.2, -0.15) is 0 Å². The number of nitrogens with zero attached hydrogens (tertiary/aromatic N) is 1. The highest BCUT2D eigenvalue weighted by Gasteiger charge is 2.46. The zero-order chi connectivity index (χ0) is 12.4. The van der Waals surface area contributed by atoms with E-state index >= 15 is 0 Å². The van der Waals surface area contributed by atoms with Crippen molar-refractivity contribution in [2.75, 3.05) is 6.61 Å². The van der Waals surface area contributed by atoms with E-state index in [0.29, 0.717) is 12.8 Å². The van der Waals surface area contributed by atoms with E-state index in [1.165, 1.54) is 0 Å². The molecule has 92 valence electrons. The molecule has 7 heteroatoms. The average Bonchev–Trinajstić information content (AvgIpc) is 2.78. The first-order chi connectivity index (χ1) is 7.22. The van der Waals surface area contributed by atoms with E-state index in [0.717, 1.165) is 0 Å². The van der Waals surface area contributed by atoms with Gasteiger partial charge in [0.2, 0.25) is 0 Å². The van der Waals surface area contributed by atoms with Crippen molar-refractivity contribution < 1.29 is 19.5 Å². The van der Waals surface area contributed by atoms with E-state index in [-0.39, 0.29) is 6.61 Å². The van der Waals surface area contributed by atoms with Crippen LogP contribution in [0.25, 0.3) is 0 Å². The van der Waals surface area contributed by atoms with Gasteiger partial charge in [0.25, 0.3) is 5.09 Å². The van der Waals surface area contributed by atoms with Gasteiger partial charge in [-0.25, -0.2) is 4.79 Å². The zero-order valence-corrected chi connectivity index (χ0v) is 9.61.